The lowest BCUT2D eigenvalue weighted by Gasteiger charge is -2.21. The first kappa shape index (κ1) is 15.4. The Balaban J connectivity index is 2.30. The Labute approximate surface area is 136 Å². The minimum absolute atomic E-state index is 0.349. The van der Waals surface area contributed by atoms with E-state index in [0.717, 1.165) is 27.9 Å². The van der Waals surface area contributed by atoms with Crippen molar-refractivity contribution in [3.8, 4) is 11.4 Å². The van der Waals surface area contributed by atoms with E-state index in [4.69, 9.17) is 4.74 Å². The molecular weight excluding hydrogens is 288 g/mol. The van der Waals surface area contributed by atoms with Gasteiger partial charge in [0, 0.05) is 18.6 Å². The Morgan fingerprint density at radius 3 is 2.39 bits per heavy atom. The minimum atomic E-state index is -0.540. The molecule has 0 amide bonds. The summed E-state index contributed by atoms with van der Waals surface area (Å²) in [5.74, 6) is 0. The Bertz CT molecular complexity index is 879. The van der Waals surface area contributed by atoms with Crippen LogP contribution >= 0.6 is 0 Å². The molecule has 3 rings (SSSR count). The summed E-state index contributed by atoms with van der Waals surface area (Å²) in [6, 6.07) is 11.9. The van der Waals surface area contributed by atoms with Gasteiger partial charge < -0.3 is 9.30 Å². The molecule has 23 heavy (non-hydrogen) atoms. The molecule has 0 aliphatic carbocycles. The van der Waals surface area contributed by atoms with Crippen molar-refractivity contribution in [3.05, 3.63) is 48.2 Å². The second kappa shape index (κ2) is 5.30. The number of fused-ring (bicyclic) bond motifs is 1. The van der Waals surface area contributed by atoms with Gasteiger partial charge in [-0.05, 0) is 51.5 Å². The summed E-state index contributed by atoms with van der Waals surface area (Å²) in [5.41, 5.74) is 3.28. The zero-order valence-corrected chi connectivity index (χ0v) is 14.3. The second-order valence-electron chi connectivity index (χ2n) is 6.81. The number of rotatable bonds is 1. The van der Waals surface area contributed by atoms with E-state index >= 15 is 0 Å². The van der Waals surface area contributed by atoms with E-state index in [1.165, 1.54) is 0 Å². The van der Waals surface area contributed by atoms with Crippen LogP contribution in [0.25, 0.3) is 22.3 Å². The van der Waals surface area contributed by atoms with Crippen molar-refractivity contribution in [2.75, 3.05) is 0 Å². The highest BCUT2D eigenvalue weighted by Gasteiger charge is 2.25. The van der Waals surface area contributed by atoms with Crippen LogP contribution in [-0.4, -0.2) is 20.8 Å². The largest absolute Gasteiger partial charge is 0.443 e. The molecule has 120 valence electrons. The maximum atomic E-state index is 12.8. The topological polar surface area (TPSA) is 36.2 Å². The van der Waals surface area contributed by atoms with Gasteiger partial charge in [-0.3, -0.25) is 0 Å². The molecule has 2 aromatic heterocycles. The van der Waals surface area contributed by atoms with Gasteiger partial charge in [-0.25, -0.2) is 9.36 Å². The molecule has 1 aromatic carbocycles. The lowest BCUT2D eigenvalue weighted by molar-refractivity contribution is 0.0547. The van der Waals surface area contributed by atoms with Crippen LogP contribution in [0.4, 0.5) is 4.79 Å². The molecule has 0 spiro atoms. The van der Waals surface area contributed by atoms with Crippen molar-refractivity contribution < 1.29 is 9.53 Å². The van der Waals surface area contributed by atoms with Gasteiger partial charge in [0.05, 0.1) is 16.9 Å². The highest BCUT2D eigenvalue weighted by Crippen LogP contribution is 2.33. The van der Waals surface area contributed by atoms with Crippen LogP contribution in [0.15, 0.2) is 42.6 Å². The first-order valence-electron chi connectivity index (χ1n) is 7.74. The monoisotopic (exact) mass is 310 g/mol. The average molecular weight is 310 g/mol. The van der Waals surface area contributed by atoms with Gasteiger partial charge in [0.2, 0.25) is 0 Å². The summed E-state index contributed by atoms with van der Waals surface area (Å²) in [6.07, 6.45) is 1.63. The summed E-state index contributed by atoms with van der Waals surface area (Å²) < 4.78 is 9.34. The van der Waals surface area contributed by atoms with Crippen LogP contribution in [0.1, 0.15) is 26.3 Å². The molecule has 0 bridgehead atoms. The Morgan fingerprint density at radius 2 is 1.78 bits per heavy atom. The quantitative estimate of drug-likeness (QED) is 0.651. The molecule has 0 unspecified atom stereocenters. The molecule has 0 aliphatic heterocycles. The van der Waals surface area contributed by atoms with E-state index in [1.54, 1.807) is 4.57 Å². The number of para-hydroxylation sites is 1. The third kappa shape index (κ3) is 2.65. The molecule has 0 fully saturated rings. The second-order valence-corrected chi connectivity index (χ2v) is 6.81. The van der Waals surface area contributed by atoms with Gasteiger partial charge in [0.25, 0.3) is 0 Å². The third-order valence-corrected chi connectivity index (χ3v) is 3.89. The predicted octanol–water partition coefficient (Wildman–Crippen LogP) is 4.74. The van der Waals surface area contributed by atoms with Crippen molar-refractivity contribution in [1.29, 1.82) is 0 Å². The Hall–Kier alpha value is -2.49. The zero-order chi connectivity index (χ0) is 16.8. The standard InChI is InChI=1S/C19H22N2O2/c1-13-14-9-6-7-10-15(14)21(18(22)23-19(2,3)4)17(13)16-11-8-12-20(16)5/h6-12H,1-5H3. The van der Waals surface area contributed by atoms with Gasteiger partial charge in [-0.15, -0.1) is 0 Å². The van der Waals surface area contributed by atoms with Gasteiger partial charge in [-0.1, -0.05) is 18.2 Å². The van der Waals surface area contributed by atoms with Gasteiger partial charge in [-0.2, -0.15) is 0 Å². The first-order chi connectivity index (χ1) is 10.8. The van der Waals surface area contributed by atoms with Crippen molar-refractivity contribution in [1.82, 2.24) is 9.13 Å². The summed E-state index contributed by atoms with van der Waals surface area (Å²) in [6.45, 7) is 7.69. The third-order valence-electron chi connectivity index (χ3n) is 3.89. The Morgan fingerprint density at radius 1 is 1.09 bits per heavy atom. The van der Waals surface area contributed by atoms with E-state index in [9.17, 15) is 4.79 Å². The molecule has 4 nitrogen and oxygen atoms in total. The maximum absolute atomic E-state index is 12.8. The van der Waals surface area contributed by atoms with Gasteiger partial charge >= 0.3 is 6.09 Å². The molecule has 4 heteroatoms. The normalized spacial score (nSPS) is 11.9. The van der Waals surface area contributed by atoms with Crippen molar-refractivity contribution >= 4 is 17.0 Å². The highest BCUT2D eigenvalue weighted by atomic mass is 16.6. The number of aryl methyl sites for hydroxylation is 2. The molecule has 0 aliphatic rings. The molecule has 0 saturated carbocycles. The predicted molar refractivity (Wildman–Crippen MR) is 92.7 cm³/mol. The molecule has 0 saturated heterocycles. The molecule has 0 radical (unpaired) electrons. The number of carbonyl (C=O) groups is 1. The summed E-state index contributed by atoms with van der Waals surface area (Å²) in [5, 5.41) is 1.06. The van der Waals surface area contributed by atoms with E-state index < -0.39 is 5.60 Å². The maximum Gasteiger partial charge on any atom is 0.419 e. The number of hydrogen-bond donors (Lipinski definition) is 0. The zero-order valence-electron chi connectivity index (χ0n) is 14.3. The summed E-state index contributed by atoms with van der Waals surface area (Å²) in [7, 11) is 1.98. The minimum Gasteiger partial charge on any atom is -0.443 e. The van der Waals surface area contributed by atoms with Gasteiger partial charge in [0.1, 0.15) is 5.60 Å². The smallest absolute Gasteiger partial charge is 0.419 e. The fourth-order valence-electron chi connectivity index (χ4n) is 2.91. The van der Waals surface area contributed by atoms with E-state index in [-0.39, 0.29) is 6.09 Å². The first-order valence-corrected chi connectivity index (χ1v) is 7.74. The van der Waals surface area contributed by atoms with E-state index in [0.29, 0.717) is 0 Å². The fourth-order valence-corrected chi connectivity index (χ4v) is 2.91. The number of carbonyl (C=O) groups excluding carboxylic acids is 1. The molecular formula is C19H22N2O2. The molecule has 3 aromatic rings. The average Bonchev–Trinajstić information content (AvgIpc) is 2.99. The van der Waals surface area contributed by atoms with Crippen LogP contribution in [0.5, 0.6) is 0 Å². The van der Waals surface area contributed by atoms with Crippen molar-refractivity contribution in [2.24, 2.45) is 7.05 Å². The van der Waals surface area contributed by atoms with Crippen molar-refractivity contribution in [2.45, 2.75) is 33.3 Å². The lowest BCUT2D eigenvalue weighted by Crippen LogP contribution is -2.27. The highest BCUT2D eigenvalue weighted by molar-refractivity contribution is 5.98. The lowest BCUT2D eigenvalue weighted by atomic mass is 10.1. The molecule has 0 atom stereocenters. The summed E-state index contributed by atoms with van der Waals surface area (Å²) in [4.78, 5) is 12.8. The number of aromatic nitrogens is 2. The van der Waals surface area contributed by atoms with E-state index in [2.05, 4.69) is 0 Å². The van der Waals surface area contributed by atoms with Crippen molar-refractivity contribution in [3.63, 3.8) is 0 Å². The summed E-state index contributed by atoms with van der Waals surface area (Å²) >= 11 is 0. The SMILES string of the molecule is Cc1c(-c2cccn2C)n(C(=O)OC(C)(C)C)c2ccccc12. The van der Waals surface area contributed by atoms with E-state index in [1.807, 2.05) is 81.9 Å². The number of nitrogens with zero attached hydrogens (tertiary/aromatic N) is 2. The van der Waals surface area contributed by atoms with Crippen LogP contribution in [-0.2, 0) is 11.8 Å². The number of ether oxygens (including phenoxy) is 1. The molecule has 2 heterocycles. The fraction of sp³-hybridized carbons (Fsp3) is 0.316. The van der Waals surface area contributed by atoms with Gasteiger partial charge in [0.15, 0.2) is 0 Å². The van der Waals surface area contributed by atoms with Crippen LogP contribution < -0.4 is 0 Å². The van der Waals surface area contributed by atoms with Crippen LogP contribution in [0.3, 0.4) is 0 Å². The Kier molecular flexibility index (Phi) is 3.55. The van der Waals surface area contributed by atoms with Crippen LogP contribution in [0.2, 0.25) is 0 Å². The number of benzene rings is 1. The van der Waals surface area contributed by atoms with Crippen LogP contribution in [0, 0.1) is 6.92 Å². The number of hydrogen-bond acceptors (Lipinski definition) is 2. The molecule has 0 N–H and O–H groups in total.